The van der Waals surface area contributed by atoms with Gasteiger partial charge in [0, 0.05) is 23.2 Å². The van der Waals surface area contributed by atoms with E-state index < -0.39 is 0 Å². The molecule has 0 bridgehead atoms. The molecule has 0 atom stereocenters. The third kappa shape index (κ3) is 3.68. The Labute approximate surface area is 188 Å². The first kappa shape index (κ1) is 19.4. The number of hydrogen-bond donors (Lipinski definition) is 1. The van der Waals surface area contributed by atoms with E-state index in [0.29, 0.717) is 31.2 Å². The standard InChI is InChI=1S/C24H20N6O3/c31-24(27-17-10-25-29(13-17)12-16-5-2-1-3-6-16)21-9-23(33-28-21)19-7-4-8-22-20(19)11-26-30(22)18-14-32-15-18/h1-11,13,18H,12,14-15H2,(H,27,31). The van der Waals surface area contributed by atoms with Gasteiger partial charge in [-0.25, -0.2) is 0 Å². The lowest BCUT2D eigenvalue weighted by molar-refractivity contribution is -0.0266. The van der Waals surface area contributed by atoms with Crippen molar-refractivity contribution >= 4 is 22.5 Å². The first-order chi connectivity index (χ1) is 16.2. The van der Waals surface area contributed by atoms with Crippen LogP contribution in [0.3, 0.4) is 0 Å². The minimum atomic E-state index is -0.362. The van der Waals surface area contributed by atoms with Crippen molar-refractivity contribution in [3.63, 3.8) is 0 Å². The molecular weight excluding hydrogens is 420 g/mol. The fourth-order valence-electron chi connectivity index (χ4n) is 3.93. The van der Waals surface area contributed by atoms with E-state index in [1.807, 2.05) is 59.4 Å². The van der Waals surface area contributed by atoms with Gasteiger partial charge in [0.1, 0.15) is 0 Å². The summed E-state index contributed by atoms with van der Waals surface area (Å²) in [5.74, 6) is 0.147. The van der Waals surface area contributed by atoms with Crippen molar-refractivity contribution in [2.24, 2.45) is 0 Å². The second-order valence-corrected chi connectivity index (χ2v) is 7.96. The molecule has 4 heterocycles. The number of anilines is 1. The lowest BCUT2D eigenvalue weighted by Gasteiger charge is -2.26. The maximum Gasteiger partial charge on any atom is 0.277 e. The van der Waals surface area contributed by atoms with Crippen molar-refractivity contribution in [2.45, 2.75) is 12.6 Å². The van der Waals surface area contributed by atoms with Crippen LogP contribution in [0.4, 0.5) is 5.69 Å². The number of ether oxygens (including phenoxy) is 1. The van der Waals surface area contributed by atoms with Crippen molar-refractivity contribution in [1.29, 1.82) is 0 Å². The van der Waals surface area contributed by atoms with Crippen LogP contribution in [0.2, 0.25) is 0 Å². The number of rotatable bonds is 6. The maximum absolute atomic E-state index is 12.7. The Morgan fingerprint density at radius 3 is 2.76 bits per heavy atom. The molecule has 1 aliphatic heterocycles. The van der Waals surface area contributed by atoms with Gasteiger partial charge in [0.2, 0.25) is 0 Å². The molecule has 3 aromatic heterocycles. The minimum absolute atomic E-state index is 0.192. The maximum atomic E-state index is 12.7. The second-order valence-electron chi connectivity index (χ2n) is 7.96. The highest BCUT2D eigenvalue weighted by Gasteiger charge is 2.24. The number of aromatic nitrogens is 5. The van der Waals surface area contributed by atoms with Crippen molar-refractivity contribution in [3.05, 3.63) is 84.4 Å². The summed E-state index contributed by atoms with van der Waals surface area (Å²) in [6.45, 7) is 1.95. The summed E-state index contributed by atoms with van der Waals surface area (Å²) < 4.78 is 14.6. The Bertz CT molecular complexity index is 1430. The lowest BCUT2D eigenvalue weighted by atomic mass is 10.1. The Hall–Kier alpha value is -4.24. The van der Waals surface area contributed by atoms with Gasteiger partial charge in [0.25, 0.3) is 5.91 Å². The summed E-state index contributed by atoms with van der Waals surface area (Å²) in [7, 11) is 0. The number of hydrogen-bond acceptors (Lipinski definition) is 6. The molecule has 9 heteroatoms. The highest BCUT2D eigenvalue weighted by molar-refractivity contribution is 6.03. The Kier molecular flexibility index (Phi) is 4.73. The number of carbonyl (C=O) groups is 1. The Morgan fingerprint density at radius 2 is 1.94 bits per heavy atom. The molecule has 5 aromatic rings. The molecule has 164 valence electrons. The van der Waals surface area contributed by atoms with E-state index in [1.165, 1.54) is 0 Å². The number of nitrogens with one attached hydrogen (secondary N) is 1. The Balaban J connectivity index is 1.19. The molecule has 2 aromatic carbocycles. The lowest BCUT2D eigenvalue weighted by Crippen LogP contribution is -2.31. The van der Waals surface area contributed by atoms with Gasteiger partial charge in [-0.05, 0) is 11.6 Å². The molecule has 33 heavy (non-hydrogen) atoms. The zero-order valence-corrected chi connectivity index (χ0v) is 17.6. The fraction of sp³-hybridized carbons (Fsp3) is 0.167. The molecule has 0 unspecified atom stereocenters. The summed E-state index contributed by atoms with van der Waals surface area (Å²) in [4.78, 5) is 12.7. The average Bonchev–Trinajstić information content (AvgIpc) is 3.54. The predicted octanol–water partition coefficient (Wildman–Crippen LogP) is 3.76. The van der Waals surface area contributed by atoms with Crippen LogP contribution in [0, 0.1) is 0 Å². The normalized spacial score (nSPS) is 13.8. The summed E-state index contributed by atoms with van der Waals surface area (Å²) in [5, 5.41) is 16.6. The molecule has 1 fully saturated rings. The van der Waals surface area contributed by atoms with Crippen LogP contribution in [0.15, 0.2) is 77.7 Å². The van der Waals surface area contributed by atoms with Crippen LogP contribution < -0.4 is 5.32 Å². The summed E-state index contributed by atoms with van der Waals surface area (Å²) in [6.07, 6.45) is 5.21. The van der Waals surface area contributed by atoms with Crippen molar-refractivity contribution in [3.8, 4) is 11.3 Å². The van der Waals surface area contributed by atoms with Crippen LogP contribution in [0.25, 0.3) is 22.2 Å². The second kappa shape index (κ2) is 8.03. The van der Waals surface area contributed by atoms with Gasteiger partial charge in [-0.1, -0.05) is 47.6 Å². The van der Waals surface area contributed by atoms with E-state index in [9.17, 15) is 4.79 Å². The molecule has 0 aliphatic carbocycles. The zero-order valence-electron chi connectivity index (χ0n) is 17.6. The van der Waals surface area contributed by atoms with Gasteiger partial charge in [-0.3, -0.25) is 14.2 Å². The zero-order chi connectivity index (χ0) is 22.2. The molecule has 0 saturated carbocycles. The average molecular weight is 440 g/mol. The van der Waals surface area contributed by atoms with Crippen LogP contribution in [0.5, 0.6) is 0 Å². The van der Waals surface area contributed by atoms with E-state index >= 15 is 0 Å². The van der Waals surface area contributed by atoms with E-state index in [0.717, 1.165) is 22.0 Å². The number of amides is 1. The smallest absolute Gasteiger partial charge is 0.277 e. The van der Waals surface area contributed by atoms with Crippen LogP contribution in [0.1, 0.15) is 22.1 Å². The van der Waals surface area contributed by atoms with Crippen LogP contribution in [-0.4, -0.2) is 43.8 Å². The predicted molar refractivity (Wildman–Crippen MR) is 121 cm³/mol. The van der Waals surface area contributed by atoms with Crippen molar-refractivity contribution in [2.75, 3.05) is 18.5 Å². The van der Waals surface area contributed by atoms with Gasteiger partial charge >= 0.3 is 0 Å². The highest BCUT2D eigenvalue weighted by atomic mass is 16.5. The first-order valence-corrected chi connectivity index (χ1v) is 10.6. The van der Waals surface area contributed by atoms with Gasteiger partial charge < -0.3 is 14.6 Å². The molecule has 0 spiro atoms. The molecule has 6 rings (SSSR count). The number of fused-ring (bicyclic) bond motifs is 1. The van der Waals surface area contributed by atoms with E-state index in [1.54, 1.807) is 23.1 Å². The quantitative estimate of drug-likeness (QED) is 0.432. The van der Waals surface area contributed by atoms with Crippen molar-refractivity contribution in [1.82, 2.24) is 24.7 Å². The molecule has 1 N–H and O–H groups in total. The molecule has 1 aliphatic rings. The number of nitrogens with zero attached hydrogens (tertiary/aromatic N) is 5. The topological polar surface area (TPSA) is 100 Å². The highest BCUT2D eigenvalue weighted by Crippen LogP contribution is 2.31. The monoisotopic (exact) mass is 440 g/mol. The van der Waals surface area contributed by atoms with Crippen molar-refractivity contribution < 1.29 is 14.1 Å². The molecule has 9 nitrogen and oxygen atoms in total. The number of carbonyl (C=O) groups excluding carboxylic acids is 1. The molecular formula is C24H20N6O3. The van der Waals surface area contributed by atoms with Crippen LogP contribution in [-0.2, 0) is 11.3 Å². The fourth-order valence-corrected chi connectivity index (χ4v) is 3.93. The van der Waals surface area contributed by atoms with Crippen LogP contribution >= 0.6 is 0 Å². The van der Waals surface area contributed by atoms with Gasteiger partial charge in [-0.15, -0.1) is 0 Å². The first-order valence-electron chi connectivity index (χ1n) is 10.6. The molecule has 1 saturated heterocycles. The van der Waals surface area contributed by atoms with Gasteiger partial charge in [-0.2, -0.15) is 10.2 Å². The summed E-state index contributed by atoms with van der Waals surface area (Å²) in [6, 6.07) is 17.8. The van der Waals surface area contributed by atoms with E-state index in [2.05, 4.69) is 20.7 Å². The SMILES string of the molecule is O=C(Nc1cnn(Cc2ccccc2)c1)c1cc(-c2cccc3c2cnn3C2COC2)on1. The van der Waals surface area contributed by atoms with E-state index in [-0.39, 0.29) is 17.6 Å². The minimum Gasteiger partial charge on any atom is -0.377 e. The molecule has 1 amide bonds. The summed E-state index contributed by atoms with van der Waals surface area (Å²) in [5.41, 5.74) is 3.74. The largest absolute Gasteiger partial charge is 0.377 e. The third-order valence-corrected chi connectivity index (χ3v) is 5.69. The molecule has 0 radical (unpaired) electrons. The van der Waals surface area contributed by atoms with Gasteiger partial charge in [0.15, 0.2) is 11.5 Å². The summed E-state index contributed by atoms with van der Waals surface area (Å²) >= 11 is 0. The van der Waals surface area contributed by atoms with Gasteiger partial charge in [0.05, 0.1) is 49.4 Å². The Morgan fingerprint density at radius 1 is 1.06 bits per heavy atom. The van der Waals surface area contributed by atoms with E-state index in [4.69, 9.17) is 9.26 Å². The number of benzene rings is 2. The third-order valence-electron chi connectivity index (χ3n) is 5.69.